The highest BCUT2D eigenvalue weighted by molar-refractivity contribution is 9.10. The molecule has 21 heavy (non-hydrogen) atoms. The zero-order chi connectivity index (χ0) is 14.7. The molecule has 1 N–H and O–H groups in total. The number of halogens is 1. The summed E-state index contributed by atoms with van der Waals surface area (Å²) in [5.41, 5.74) is 0.730. The Bertz CT molecular complexity index is 598. The maximum absolute atomic E-state index is 12.8. The summed E-state index contributed by atoms with van der Waals surface area (Å²) in [5, 5.41) is 3.04. The molecule has 1 fully saturated rings. The monoisotopic (exact) mass is 347 g/mol. The summed E-state index contributed by atoms with van der Waals surface area (Å²) in [6, 6.07) is 11.8. The van der Waals surface area contributed by atoms with Crippen LogP contribution in [-0.2, 0) is 16.8 Å². The lowest BCUT2D eigenvalue weighted by Crippen LogP contribution is -2.42. The summed E-state index contributed by atoms with van der Waals surface area (Å²) in [7, 11) is 0. The first-order valence-corrected chi connectivity index (χ1v) is 8.07. The number of amides is 1. The third-order valence-electron chi connectivity index (χ3n) is 4.29. The molecule has 3 rings (SSSR count). The zero-order valence-corrected chi connectivity index (χ0v) is 13.4. The highest BCUT2D eigenvalue weighted by Gasteiger charge is 2.42. The first-order chi connectivity index (χ1) is 10.2. The largest absolute Gasteiger partial charge is 0.467 e. The van der Waals surface area contributed by atoms with Crippen LogP contribution in [0.25, 0.3) is 0 Å². The van der Waals surface area contributed by atoms with E-state index in [1.807, 2.05) is 24.3 Å². The zero-order valence-electron chi connectivity index (χ0n) is 11.8. The van der Waals surface area contributed by atoms with Gasteiger partial charge in [0.05, 0.1) is 18.2 Å². The SMILES string of the molecule is O=C(NCc1ccco1)C1(c2ccc(Br)cc2)CCCC1. The molecule has 0 unspecified atom stereocenters. The van der Waals surface area contributed by atoms with Crippen LogP contribution >= 0.6 is 15.9 Å². The third-order valence-corrected chi connectivity index (χ3v) is 4.82. The number of furan rings is 1. The first kappa shape index (κ1) is 14.4. The van der Waals surface area contributed by atoms with Gasteiger partial charge in [0, 0.05) is 4.47 Å². The van der Waals surface area contributed by atoms with Gasteiger partial charge in [0.1, 0.15) is 5.76 Å². The van der Waals surface area contributed by atoms with Crippen molar-refractivity contribution in [3.05, 3.63) is 58.5 Å². The van der Waals surface area contributed by atoms with Gasteiger partial charge < -0.3 is 9.73 Å². The molecule has 0 atom stereocenters. The van der Waals surface area contributed by atoms with E-state index < -0.39 is 0 Å². The second-order valence-electron chi connectivity index (χ2n) is 5.56. The number of benzene rings is 1. The van der Waals surface area contributed by atoms with Crippen molar-refractivity contribution in [2.24, 2.45) is 0 Å². The van der Waals surface area contributed by atoms with Gasteiger partial charge in [0.2, 0.25) is 5.91 Å². The number of carbonyl (C=O) groups is 1. The van der Waals surface area contributed by atoms with E-state index in [1.165, 1.54) is 0 Å². The van der Waals surface area contributed by atoms with Gasteiger partial charge in [-0.25, -0.2) is 0 Å². The van der Waals surface area contributed by atoms with Crippen LogP contribution in [0.2, 0.25) is 0 Å². The Balaban J connectivity index is 1.79. The normalized spacial score (nSPS) is 16.8. The number of rotatable bonds is 4. The average molecular weight is 348 g/mol. The Labute approximate surface area is 132 Å². The molecule has 1 aliphatic carbocycles. The molecular weight excluding hydrogens is 330 g/mol. The molecule has 1 aromatic carbocycles. The van der Waals surface area contributed by atoms with E-state index in [0.29, 0.717) is 6.54 Å². The summed E-state index contributed by atoms with van der Waals surface area (Å²) in [6.07, 6.45) is 5.66. The molecule has 0 radical (unpaired) electrons. The summed E-state index contributed by atoms with van der Waals surface area (Å²) in [4.78, 5) is 12.8. The summed E-state index contributed by atoms with van der Waals surface area (Å²) in [6.45, 7) is 0.449. The van der Waals surface area contributed by atoms with Crippen molar-refractivity contribution in [1.29, 1.82) is 0 Å². The molecule has 110 valence electrons. The van der Waals surface area contributed by atoms with Crippen molar-refractivity contribution in [3.8, 4) is 0 Å². The Kier molecular flexibility index (Phi) is 4.15. The van der Waals surface area contributed by atoms with E-state index in [9.17, 15) is 4.79 Å². The van der Waals surface area contributed by atoms with Gasteiger partial charge in [-0.3, -0.25) is 4.79 Å². The molecule has 0 saturated heterocycles. The van der Waals surface area contributed by atoms with E-state index in [-0.39, 0.29) is 11.3 Å². The van der Waals surface area contributed by atoms with Gasteiger partial charge in [0.25, 0.3) is 0 Å². The van der Waals surface area contributed by atoms with Crippen molar-refractivity contribution in [1.82, 2.24) is 5.32 Å². The average Bonchev–Trinajstić information content (AvgIpc) is 3.17. The Hall–Kier alpha value is -1.55. The maximum atomic E-state index is 12.8. The van der Waals surface area contributed by atoms with Gasteiger partial charge in [-0.1, -0.05) is 40.9 Å². The van der Waals surface area contributed by atoms with Crippen LogP contribution in [0, 0.1) is 0 Å². The minimum atomic E-state index is -0.382. The van der Waals surface area contributed by atoms with Crippen LogP contribution in [0.1, 0.15) is 37.0 Å². The molecule has 1 aromatic heterocycles. The molecule has 2 aromatic rings. The van der Waals surface area contributed by atoms with Gasteiger partial charge in [-0.15, -0.1) is 0 Å². The van der Waals surface area contributed by atoms with Gasteiger partial charge in [-0.05, 0) is 42.7 Å². The predicted molar refractivity (Wildman–Crippen MR) is 84.8 cm³/mol. The maximum Gasteiger partial charge on any atom is 0.231 e. The fourth-order valence-corrected chi connectivity index (χ4v) is 3.41. The highest BCUT2D eigenvalue weighted by Crippen LogP contribution is 2.41. The predicted octanol–water partition coefficient (Wildman–Crippen LogP) is 4.17. The molecule has 1 heterocycles. The van der Waals surface area contributed by atoms with Crippen LogP contribution in [0.15, 0.2) is 51.6 Å². The Morgan fingerprint density at radius 1 is 1.19 bits per heavy atom. The lowest BCUT2D eigenvalue weighted by Gasteiger charge is -2.28. The minimum absolute atomic E-state index is 0.110. The number of hydrogen-bond donors (Lipinski definition) is 1. The quantitative estimate of drug-likeness (QED) is 0.901. The number of hydrogen-bond acceptors (Lipinski definition) is 2. The molecule has 1 aliphatic rings. The van der Waals surface area contributed by atoms with Crippen molar-refractivity contribution >= 4 is 21.8 Å². The fraction of sp³-hybridized carbons (Fsp3) is 0.353. The van der Waals surface area contributed by atoms with Crippen LogP contribution < -0.4 is 5.32 Å². The molecule has 1 amide bonds. The second-order valence-corrected chi connectivity index (χ2v) is 6.47. The van der Waals surface area contributed by atoms with Crippen LogP contribution in [0.4, 0.5) is 0 Å². The van der Waals surface area contributed by atoms with Gasteiger partial charge in [0.15, 0.2) is 0 Å². The van der Waals surface area contributed by atoms with Crippen molar-refractivity contribution in [2.75, 3.05) is 0 Å². The number of carbonyl (C=O) groups excluding carboxylic acids is 1. The van der Waals surface area contributed by atoms with E-state index in [2.05, 4.69) is 33.4 Å². The topological polar surface area (TPSA) is 42.2 Å². The van der Waals surface area contributed by atoms with Crippen molar-refractivity contribution < 1.29 is 9.21 Å². The van der Waals surface area contributed by atoms with Crippen LogP contribution in [-0.4, -0.2) is 5.91 Å². The summed E-state index contributed by atoms with van der Waals surface area (Å²) < 4.78 is 6.32. The molecule has 0 bridgehead atoms. The second kappa shape index (κ2) is 6.06. The summed E-state index contributed by atoms with van der Waals surface area (Å²) in [5.74, 6) is 0.894. The molecular formula is C17H18BrNO2. The third kappa shape index (κ3) is 2.91. The summed E-state index contributed by atoms with van der Waals surface area (Å²) >= 11 is 3.45. The van der Waals surface area contributed by atoms with E-state index >= 15 is 0 Å². The highest BCUT2D eigenvalue weighted by atomic mass is 79.9. The molecule has 0 aliphatic heterocycles. The minimum Gasteiger partial charge on any atom is -0.467 e. The van der Waals surface area contributed by atoms with E-state index in [4.69, 9.17) is 4.42 Å². The Morgan fingerprint density at radius 2 is 1.90 bits per heavy atom. The van der Waals surface area contributed by atoms with Crippen molar-refractivity contribution in [3.63, 3.8) is 0 Å². The van der Waals surface area contributed by atoms with Crippen LogP contribution in [0.3, 0.4) is 0 Å². The van der Waals surface area contributed by atoms with Crippen LogP contribution in [0.5, 0.6) is 0 Å². The molecule has 3 nitrogen and oxygen atoms in total. The first-order valence-electron chi connectivity index (χ1n) is 7.27. The van der Waals surface area contributed by atoms with E-state index in [0.717, 1.165) is 41.5 Å². The van der Waals surface area contributed by atoms with Gasteiger partial charge in [-0.2, -0.15) is 0 Å². The van der Waals surface area contributed by atoms with E-state index in [1.54, 1.807) is 6.26 Å². The molecule has 0 spiro atoms. The lowest BCUT2D eigenvalue weighted by atomic mass is 9.78. The molecule has 1 saturated carbocycles. The van der Waals surface area contributed by atoms with Crippen molar-refractivity contribution in [2.45, 2.75) is 37.6 Å². The van der Waals surface area contributed by atoms with Gasteiger partial charge >= 0.3 is 0 Å². The standard InChI is InChI=1S/C17H18BrNO2/c18-14-7-5-13(6-8-14)17(9-1-2-10-17)16(20)19-12-15-4-3-11-21-15/h3-8,11H,1-2,9-10,12H2,(H,19,20). The fourth-order valence-electron chi connectivity index (χ4n) is 3.14. The number of nitrogens with one attached hydrogen (secondary N) is 1. The lowest BCUT2D eigenvalue weighted by molar-refractivity contribution is -0.126. The smallest absolute Gasteiger partial charge is 0.231 e. The Morgan fingerprint density at radius 3 is 2.52 bits per heavy atom. The molecule has 4 heteroatoms.